The van der Waals surface area contributed by atoms with Gasteiger partial charge in [-0.3, -0.25) is 9.59 Å². The van der Waals surface area contributed by atoms with Crippen molar-refractivity contribution in [1.82, 2.24) is 9.47 Å². The molecular weight excluding hydrogens is 410 g/mol. The van der Waals surface area contributed by atoms with Gasteiger partial charge < -0.3 is 14.8 Å². The number of anilines is 1. The zero-order valence-electron chi connectivity index (χ0n) is 19.1. The SMILES string of the molecule is CC(C)c1ccc(NC(=O)CN2C(=O)c3ccccc3[C@H]2c2cn(C)c3ccccc23)cc1. The van der Waals surface area contributed by atoms with Crippen molar-refractivity contribution in [2.24, 2.45) is 7.05 Å². The quantitative estimate of drug-likeness (QED) is 0.449. The largest absolute Gasteiger partial charge is 0.350 e. The van der Waals surface area contributed by atoms with Crippen LogP contribution in [0.15, 0.2) is 79.0 Å². The molecule has 0 bridgehead atoms. The summed E-state index contributed by atoms with van der Waals surface area (Å²) in [4.78, 5) is 28.1. The number of aryl methyl sites for hydroxylation is 1. The second kappa shape index (κ2) is 8.24. The minimum absolute atomic E-state index is 0.0205. The van der Waals surface area contributed by atoms with Gasteiger partial charge in [0, 0.05) is 41.0 Å². The van der Waals surface area contributed by atoms with Crippen molar-refractivity contribution in [3.8, 4) is 0 Å². The first-order valence-corrected chi connectivity index (χ1v) is 11.3. The first-order valence-electron chi connectivity index (χ1n) is 11.3. The van der Waals surface area contributed by atoms with Gasteiger partial charge in [-0.2, -0.15) is 0 Å². The Morgan fingerprint density at radius 2 is 1.64 bits per heavy atom. The summed E-state index contributed by atoms with van der Waals surface area (Å²) >= 11 is 0. The number of carbonyl (C=O) groups excluding carboxylic acids is 2. The monoisotopic (exact) mass is 437 g/mol. The molecule has 2 amide bonds. The lowest BCUT2D eigenvalue weighted by Gasteiger charge is -2.25. The highest BCUT2D eigenvalue weighted by molar-refractivity contribution is 6.04. The first-order chi connectivity index (χ1) is 15.9. The molecule has 0 aliphatic carbocycles. The maximum absolute atomic E-state index is 13.4. The van der Waals surface area contributed by atoms with Crippen molar-refractivity contribution < 1.29 is 9.59 Å². The molecule has 5 rings (SSSR count). The van der Waals surface area contributed by atoms with Gasteiger partial charge in [-0.05, 0) is 41.3 Å². The molecule has 1 atom stereocenters. The van der Waals surface area contributed by atoms with Crippen LogP contribution in [-0.2, 0) is 11.8 Å². The summed E-state index contributed by atoms with van der Waals surface area (Å²) < 4.78 is 2.07. The number of fused-ring (bicyclic) bond motifs is 2. The zero-order chi connectivity index (χ0) is 23.1. The Morgan fingerprint density at radius 3 is 2.39 bits per heavy atom. The number of benzene rings is 3. The van der Waals surface area contributed by atoms with Crippen LogP contribution in [0, 0.1) is 0 Å². The van der Waals surface area contributed by atoms with E-state index in [4.69, 9.17) is 0 Å². The third kappa shape index (κ3) is 3.69. The van der Waals surface area contributed by atoms with Crippen LogP contribution in [0.4, 0.5) is 5.69 Å². The highest BCUT2D eigenvalue weighted by atomic mass is 16.2. The van der Waals surface area contributed by atoms with Gasteiger partial charge in [0.25, 0.3) is 5.91 Å². The molecule has 166 valence electrons. The van der Waals surface area contributed by atoms with Crippen molar-refractivity contribution in [3.63, 3.8) is 0 Å². The van der Waals surface area contributed by atoms with Gasteiger partial charge in [0.05, 0.1) is 6.04 Å². The van der Waals surface area contributed by atoms with Crippen molar-refractivity contribution in [1.29, 1.82) is 0 Å². The highest BCUT2D eigenvalue weighted by Gasteiger charge is 2.39. The van der Waals surface area contributed by atoms with E-state index in [2.05, 4.69) is 42.1 Å². The molecule has 3 aromatic carbocycles. The Kier molecular flexibility index (Phi) is 5.25. The van der Waals surface area contributed by atoms with Crippen LogP contribution in [0.2, 0.25) is 0 Å². The first kappa shape index (κ1) is 21.0. The van der Waals surface area contributed by atoms with Crippen molar-refractivity contribution in [2.45, 2.75) is 25.8 Å². The third-order valence-electron chi connectivity index (χ3n) is 6.46. The summed E-state index contributed by atoms with van der Waals surface area (Å²) in [5.41, 5.74) is 5.67. The number of amides is 2. The summed E-state index contributed by atoms with van der Waals surface area (Å²) in [5, 5.41) is 4.05. The van der Waals surface area contributed by atoms with E-state index in [1.165, 1.54) is 5.56 Å². The second-order valence-electron chi connectivity index (χ2n) is 8.96. The van der Waals surface area contributed by atoms with E-state index < -0.39 is 0 Å². The average molecular weight is 438 g/mol. The van der Waals surface area contributed by atoms with Gasteiger partial charge in [-0.15, -0.1) is 0 Å². The fraction of sp³-hybridized carbons (Fsp3) is 0.214. The van der Waals surface area contributed by atoms with E-state index in [1.807, 2.05) is 67.7 Å². The third-order valence-corrected chi connectivity index (χ3v) is 6.46. The van der Waals surface area contributed by atoms with Gasteiger partial charge >= 0.3 is 0 Å². The Balaban J connectivity index is 1.48. The summed E-state index contributed by atoms with van der Waals surface area (Å²) in [5.74, 6) is 0.101. The molecule has 5 heteroatoms. The van der Waals surface area contributed by atoms with E-state index in [9.17, 15) is 9.59 Å². The number of carbonyl (C=O) groups is 2. The number of hydrogen-bond donors (Lipinski definition) is 1. The molecule has 1 aromatic heterocycles. The number of nitrogens with zero attached hydrogens (tertiary/aromatic N) is 2. The van der Waals surface area contributed by atoms with E-state index in [0.717, 1.165) is 27.7 Å². The molecule has 0 unspecified atom stereocenters. The van der Waals surface area contributed by atoms with Crippen LogP contribution in [-0.4, -0.2) is 27.8 Å². The van der Waals surface area contributed by atoms with Gasteiger partial charge in [0.15, 0.2) is 0 Å². The van der Waals surface area contributed by atoms with E-state index in [0.29, 0.717) is 11.5 Å². The minimum Gasteiger partial charge on any atom is -0.350 e. The predicted molar refractivity (Wildman–Crippen MR) is 131 cm³/mol. The molecule has 4 aromatic rings. The second-order valence-corrected chi connectivity index (χ2v) is 8.96. The van der Waals surface area contributed by atoms with Crippen LogP contribution in [0.1, 0.15) is 52.9 Å². The Bertz CT molecular complexity index is 1350. The van der Waals surface area contributed by atoms with Crippen molar-refractivity contribution in [2.75, 3.05) is 11.9 Å². The van der Waals surface area contributed by atoms with Gasteiger partial charge in [-0.1, -0.05) is 62.4 Å². The number of nitrogens with one attached hydrogen (secondary N) is 1. The van der Waals surface area contributed by atoms with Gasteiger partial charge in [-0.25, -0.2) is 0 Å². The van der Waals surface area contributed by atoms with Crippen molar-refractivity contribution >= 4 is 28.4 Å². The normalized spacial score (nSPS) is 15.3. The summed E-state index contributed by atoms with van der Waals surface area (Å²) in [6, 6.07) is 23.4. The van der Waals surface area contributed by atoms with Gasteiger partial charge in [0.2, 0.25) is 5.91 Å². The van der Waals surface area contributed by atoms with Crippen LogP contribution >= 0.6 is 0 Å². The van der Waals surface area contributed by atoms with Crippen LogP contribution in [0.25, 0.3) is 10.9 Å². The molecule has 0 fully saturated rings. The van der Waals surface area contributed by atoms with Crippen LogP contribution in [0.3, 0.4) is 0 Å². The standard InChI is InChI=1S/C28H27N3O2/c1-18(2)19-12-14-20(15-13-19)29-26(32)17-31-27(22-9-4-5-10-23(22)28(31)33)24-16-30(3)25-11-7-6-8-21(24)25/h4-16,18,27H,17H2,1-3H3,(H,29,32)/t27-/m0/s1. The Morgan fingerprint density at radius 1 is 0.939 bits per heavy atom. The number of rotatable bonds is 5. The highest BCUT2D eigenvalue weighted by Crippen LogP contribution is 2.41. The molecule has 1 N–H and O–H groups in total. The van der Waals surface area contributed by atoms with E-state index in [1.54, 1.807) is 4.90 Å². The van der Waals surface area contributed by atoms with Crippen molar-refractivity contribution in [3.05, 3.63) is 101 Å². The topological polar surface area (TPSA) is 54.3 Å². The molecule has 0 saturated carbocycles. The molecule has 0 radical (unpaired) electrons. The molecule has 0 spiro atoms. The maximum Gasteiger partial charge on any atom is 0.255 e. The number of aromatic nitrogens is 1. The molecular formula is C28H27N3O2. The summed E-state index contributed by atoms with van der Waals surface area (Å²) in [6.07, 6.45) is 2.07. The molecule has 2 heterocycles. The molecule has 1 aliphatic rings. The van der Waals surface area contributed by atoms with E-state index >= 15 is 0 Å². The number of para-hydroxylation sites is 1. The van der Waals surface area contributed by atoms with Crippen LogP contribution < -0.4 is 5.32 Å². The molecule has 0 saturated heterocycles. The summed E-state index contributed by atoms with van der Waals surface area (Å²) in [7, 11) is 2.01. The average Bonchev–Trinajstić information content (AvgIpc) is 3.28. The smallest absolute Gasteiger partial charge is 0.255 e. The molecule has 33 heavy (non-hydrogen) atoms. The van der Waals surface area contributed by atoms with E-state index in [-0.39, 0.29) is 24.4 Å². The fourth-order valence-electron chi connectivity index (χ4n) is 4.77. The Hall–Kier alpha value is -3.86. The zero-order valence-corrected chi connectivity index (χ0v) is 19.1. The minimum atomic E-state index is -0.311. The lowest BCUT2D eigenvalue weighted by Crippen LogP contribution is -2.36. The fourth-order valence-corrected chi connectivity index (χ4v) is 4.77. The molecule has 5 nitrogen and oxygen atoms in total. The lowest BCUT2D eigenvalue weighted by molar-refractivity contribution is -0.117. The Labute approximate surface area is 193 Å². The lowest BCUT2D eigenvalue weighted by atomic mass is 9.97. The number of hydrogen-bond acceptors (Lipinski definition) is 2. The van der Waals surface area contributed by atoms with Gasteiger partial charge in [0.1, 0.15) is 6.54 Å². The maximum atomic E-state index is 13.4. The molecule has 1 aliphatic heterocycles. The van der Waals surface area contributed by atoms with Crippen LogP contribution in [0.5, 0.6) is 0 Å². The summed E-state index contributed by atoms with van der Waals surface area (Å²) in [6.45, 7) is 4.25. The predicted octanol–water partition coefficient (Wildman–Crippen LogP) is 5.49.